The van der Waals surface area contributed by atoms with Gasteiger partial charge in [-0.2, -0.15) is 0 Å². The summed E-state index contributed by atoms with van der Waals surface area (Å²) >= 11 is 0. The fourth-order valence-electron chi connectivity index (χ4n) is 7.67. The number of allylic oxidation sites excluding steroid dienone is 1. The minimum Gasteiger partial charge on any atom is -0.508 e. The van der Waals surface area contributed by atoms with Crippen LogP contribution in [0.1, 0.15) is 54.7 Å². The Balaban J connectivity index is 0.900. The van der Waals surface area contributed by atoms with Crippen LogP contribution >= 0.6 is 0 Å². The van der Waals surface area contributed by atoms with Gasteiger partial charge in [0.2, 0.25) is 11.8 Å². The predicted molar refractivity (Wildman–Crippen MR) is 216 cm³/mol. The Morgan fingerprint density at radius 1 is 0.836 bits per heavy atom. The molecule has 0 bridgehead atoms. The lowest BCUT2D eigenvalue weighted by Crippen LogP contribution is -2.48. The van der Waals surface area contributed by atoms with Gasteiger partial charge in [-0.05, 0) is 84.0 Å². The topological polar surface area (TPSA) is 129 Å². The molecular weight excluding hydrogens is 693 g/mol. The van der Waals surface area contributed by atoms with E-state index in [1.807, 2.05) is 42.5 Å². The van der Waals surface area contributed by atoms with Crippen molar-refractivity contribution in [3.8, 4) is 11.5 Å². The molecule has 284 valence electrons. The monoisotopic (exact) mass is 740 g/mol. The number of amides is 2. The second kappa shape index (κ2) is 17.1. The molecule has 3 N–H and O–H groups in total. The van der Waals surface area contributed by atoms with E-state index in [2.05, 4.69) is 63.8 Å². The molecule has 1 unspecified atom stereocenters. The molecule has 3 heterocycles. The zero-order valence-electron chi connectivity index (χ0n) is 31.5. The van der Waals surface area contributed by atoms with Crippen molar-refractivity contribution in [2.24, 2.45) is 0 Å². The third-order valence-electron chi connectivity index (χ3n) is 10.6. The number of nitrogens with one attached hydrogen (secondary N) is 2. The fraction of sp³-hybridized carbons (Fsp3) is 0.318. The molecule has 2 amide bonds. The number of hydrogen-bond donors (Lipinski definition) is 3. The van der Waals surface area contributed by atoms with Crippen LogP contribution in [0.3, 0.4) is 0 Å². The lowest BCUT2D eigenvalue weighted by atomic mass is 9.88. The van der Waals surface area contributed by atoms with E-state index in [4.69, 9.17) is 9.72 Å². The number of carbonyl (C=O) groups is 2. The number of ether oxygens (including phenoxy) is 1. The summed E-state index contributed by atoms with van der Waals surface area (Å²) in [5.41, 5.74) is 6.82. The molecule has 5 aromatic rings. The number of benzene rings is 4. The maximum atomic E-state index is 13.5. The van der Waals surface area contributed by atoms with Crippen LogP contribution in [0.4, 0.5) is 5.69 Å². The maximum absolute atomic E-state index is 13.5. The number of piperidine rings is 1. The molecule has 1 atom stereocenters. The number of hydrogen-bond acceptors (Lipinski definition) is 9. The number of aromatic nitrogens is 2. The van der Waals surface area contributed by atoms with E-state index in [1.165, 1.54) is 15.7 Å². The molecule has 11 nitrogen and oxygen atoms in total. The van der Waals surface area contributed by atoms with E-state index in [0.29, 0.717) is 29.9 Å². The first kappa shape index (κ1) is 37.5. The van der Waals surface area contributed by atoms with Crippen molar-refractivity contribution in [1.29, 1.82) is 0 Å². The molecule has 2 aliphatic heterocycles. The van der Waals surface area contributed by atoms with Gasteiger partial charge in [-0.3, -0.25) is 34.1 Å². The molecule has 0 saturated carbocycles. The van der Waals surface area contributed by atoms with Crippen molar-refractivity contribution in [2.75, 3.05) is 57.7 Å². The number of carbonyl (C=O) groups excluding carboxylic acids is 2. The first-order chi connectivity index (χ1) is 26.8. The van der Waals surface area contributed by atoms with Crippen LogP contribution in [0.2, 0.25) is 0 Å². The number of phenols is 1. The normalized spacial score (nSPS) is 17.2. The van der Waals surface area contributed by atoms with Crippen molar-refractivity contribution < 1.29 is 19.4 Å². The number of para-hydroxylation sites is 1. The van der Waals surface area contributed by atoms with E-state index < -0.39 is 11.9 Å². The third-order valence-corrected chi connectivity index (χ3v) is 10.6. The Kier molecular flexibility index (Phi) is 11.7. The minimum absolute atomic E-state index is 0.192. The lowest BCUT2D eigenvalue weighted by Gasteiger charge is -2.34. The van der Waals surface area contributed by atoms with Gasteiger partial charge in [0, 0.05) is 52.2 Å². The van der Waals surface area contributed by atoms with Crippen LogP contribution < -0.4 is 20.9 Å². The zero-order valence-corrected chi connectivity index (χ0v) is 31.5. The van der Waals surface area contributed by atoms with Crippen LogP contribution in [-0.4, -0.2) is 88.7 Å². The summed E-state index contributed by atoms with van der Waals surface area (Å²) < 4.78 is 7.62. The summed E-state index contributed by atoms with van der Waals surface area (Å²) in [5, 5.41) is 16.2. The van der Waals surface area contributed by atoms with Gasteiger partial charge in [0.25, 0.3) is 5.56 Å². The predicted octanol–water partition coefficient (Wildman–Crippen LogP) is 5.87. The number of aromatic hydroxyl groups is 1. The van der Waals surface area contributed by atoms with Gasteiger partial charge in [-0.1, -0.05) is 67.6 Å². The van der Waals surface area contributed by atoms with E-state index in [-0.39, 0.29) is 30.1 Å². The van der Waals surface area contributed by atoms with Gasteiger partial charge in [-0.15, -0.1) is 0 Å². The highest BCUT2D eigenvalue weighted by Crippen LogP contribution is 2.35. The summed E-state index contributed by atoms with van der Waals surface area (Å²) in [6.07, 6.45) is 1.34. The van der Waals surface area contributed by atoms with Crippen molar-refractivity contribution in [1.82, 2.24) is 24.7 Å². The first-order valence-corrected chi connectivity index (χ1v) is 19.1. The van der Waals surface area contributed by atoms with E-state index in [1.54, 1.807) is 25.1 Å². The lowest BCUT2D eigenvalue weighted by molar-refractivity contribution is -0.135. The number of piperazine rings is 1. The largest absolute Gasteiger partial charge is 0.508 e. The van der Waals surface area contributed by atoms with Crippen molar-refractivity contribution >= 4 is 39.6 Å². The molecule has 11 heteroatoms. The third kappa shape index (κ3) is 8.64. The first-order valence-electron chi connectivity index (χ1n) is 19.1. The summed E-state index contributed by atoms with van der Waals surface area (Å²) in [6, 6.07) is 30.9. The van der Waals surface area contributed by atoms with Gasteiger partial charge < -0.3 is 15.2 Å². The molecule has 55 heavy (non-hydrogen) atoms. The molecule has 7 rings (SSSR count). The average Bonchev–Trinajstić information content (AvgIpc) is 3.20. The van der Waals surface area contributed by atoms with E-state index in [9.17, 15) is 19.5 Å². The summed E-state index contributed by atoms with van der Waals surface area (Å²) in [4.78, 5) is 47.3. The van der Waals surface area contributed by atoms with Gasteiger partial charge in [0.1, 0.15) is 35.5 Å². The van der Waals surface area contributed by atoms with Crippen LogP contribution in [0.25, 0.3) is 22.0 Å². The van der Waals surface area contributed by atoms with Gasteiger partial charge in [0.05, 0.1) is 11.1 Å². The molecule has 0 radical (unpaired) electrons. The fourth-order valence-corrected chi connectivity index (χ4v) is 7.67. The van der Waals surface area contributed by atoms with Crippen LogP contribution in [0.15, 0.2) is 102 Å². The molecule has 2 aliphatic rings. The Morgan fingerprint density at radius 2 is 1.51 bits per heavy atom. The van der Waals surface area contributed by atoms with E-state index >= 15 is 0 Å². The number of rotatable bonds is 13. The average molecular weight is 741 g/mol. The van der Waals surface area contributed by atoms with Crippen LogP contribution in [0, 0.1) is 6.92 Å². The number of phenolic OH excluding ortho intramolecular Hbond substituents is 1. The quantitative estimate of drug-likeness (QED) is 0.100. The minimum atomic E-state index is -0.746. The molecule has 1 aromatic heterocycles. The highest BCUT2D eigenvalue weighted by atomic mass is 16.5. The summed E-state index contributed by atoms with van der Waals surface area (Å²) in [7, 11) is 0. The zero-order chi connectivity index (χ0) is 38.3. The van der Waals surface area contributed by atoms with Crippen molar-refractivity contribution in [2.45, 2.75) is 39.2 Å². The molecule has 2 fully saturated rings. The van der Waals surface area contributed by atoms with Gasteiger partial charge in [-0.25, -0.2) is 4.98 Å². The molecule has 4 aromatic carbocycles. The second-order valence-corrected chi connectivity index (χ2v) is 14.1. The molecule has 0 aliphatic carbocycles. The van der Waals surface area contributed by atoms with Crippen molar-refractivity contribution in [3.63, 3.8) is 0 Å². The van der Waals surface area contributed by atoms with Crippen LogP contribution in [-0.2, 0) is 9.59 Å². The second-order valence-electron chi connectivity index (χ2n) is 14.1. The highest BCUT2D eigenvalue weighted by molar-refractivity contribution is 6.00. The smallest absolute Gasteiger partial charge is 0.262 e. The number of nitrogens with zero attached hydrogens (tertiary/aromatic N) is 4. The van der Waals surface area contributed by atoms with Crippen molar-refractivity contribution in [3.05, 3.63) is 130 Å². The summed E-state index contributed by atoms with van der Waals surface area (Å²) in [6.45, 7) is 10.7. The number of fused-ring (bicyclic) bond motifs is 1. The molecule has 2 saturated heterocycles. The van der Waals surface area contributed by atoms with E-state index in [0.717, 1.165) is 73.8 Å². The van der Waals surface area contributed by atoms with Crippen LogP contribution in [0.5, 0.6) is 11.5 Å². The van der Waals surface area contributed by atoms with Gasteiger partial charge >= 0.3 is 0 Å². The number of aryl methyl sites for hydroxylation is 1. The Morgan fingerprint density at radius 3 is 2.18 bits per heavy atom. The Labute approximate surface area is 321 Å². The number of anilines is 1. The molecule has 0 spiro atoms. The van der Waals surface area contributed by atoms with Gasteiger partial charge in [0.15, 0.2) is 0 Å². The maximum Gasteiger partial charge on any atom is 0.262 e. The Bertz CT molecular complexity index is 2230. The summed E-state index contributed by atoms with van der Waals surface area (Å²) in [5.74, 6) is 0.748. The SMILES string of the molecule is CCC(=C(c1ccc(O)cc1)c1ccc(OCCN2CCN(CCNc3cccc4c(=O)n(C5CCC(=O)NC5=O)c(C)nc34)CC2)cc1)c1ccccc1. The highest BCUT2D eigenvalue weighted by Gasteiger charge is 2.30. The molecular formula is C44H48N6O5. The standard InChI is InChI=1S/C44H48N6O5/c1-3-36(31-8-5-4-6-9-31)41(32-12-16-34(51)17-13-32)33-14-18-35(19-15-33)55-29-28-49-26-24-48(25-27-49)23-22-45-38-11-7-10-37-42(38)46-30(2)50(44(37)54)39-20-21-40(52)47-43(39)53/h4-19,39,45,51H,3,20-29H2,1-2H3,(H,47,52,53). The number of imide groups is 1. The Hall–Kier alpha value is -5.78.